The standard InChI is InChI=1S/C12H14N2O2/c15-12(14-8-1-2-9-16-14)6-5-11-4-3-7-13-10-11/h3-7,10H,1-2,8-9H2/b6-5+. The van der Waals surface area contributed by atoms with Crippen molar-refractivity contribution in [3.05, 3.63) is 36.2 Å². The summed E-state index contributed by atoms with van der Waals surface area (Å²) in [5, 5.41) is 1.41. The Morgan fingerprint density at radius 3 is 3.12 bits per heavy atom. The van der Waals surface area contributed by atoms with Crippen molar-refractivity contribution in [3.8, 4) is 0 Å². The van der Waals surface area contributed by atoms with Gasteiger partial charge in [-0.2, -0.15) is 0 Å². The molecule has 4 heteroatoms. The Kier molecular flexibility index (Phi) is 3.66. The van der Waals surface area contributed by atoms with Gasteiger partial charge in [-0.15, -0.1) is 0 Å². The average Bonchev–Trinajstić information content (AvgIpc) is 2.38. The highest BCUT2D eigenvalue weighted by atomic mass is 16.7. The summed E-state index contributed by atoms with van der Waals surface area (Å²) in [6.45, 7) is 1.31. The van der Waals surface area contributed by atoms with Crippen LogP contribution in [0.1, 0.15) is 18.4 Å². The summed E-state index contributed by atoms with van der Waals surface area (Å²) in [4.78, 5) is 20.9. The quantitative estimate of drug-likeness (QED) is 0.709. The lowest BCUT2D eigenvalue weighted by molar-refractivity contribution is -0.191. The van der Waals surface area contributed by atoms with Crippen LogP contribution in [0.3, 0.4) is 0 Å². The zero-order chi connectivity index (χ0) is 11.2. The molecule has 0 atom stereocenters. The zero-order valence-electron chi connectivity index (χ0n) is 9.00. The van der Waals surface area contributed by atoms with Gasteiger partial charge in [0.25, 0.3) is 5.91 Å². The monoisotopic (exact) mass is 218 g/mol. The van der Waals surface area contributed by atoms with Crippen molar-refractivity contribution in [2.24, 2.45) is 0 Å². The van der Waals surface area contributed by atoms with Gasteiger partial charge in [0.15, 0.2) is 0 Å². The number of pyridine rings is 1. The third-order valence-corrected chi connectivity index (χ3v) is 2.35. The van der Waals surface area contributed by atoms with E-state index in [0.717, 1.165) is 18.4 Å². The predicted octanol–water partition coefficient (Wildman–Crippen LogP) is 1.65. The predicted molar refractivity (Wildman–Crippen MR) is 60.2 cm³/mol. The summed E-state index contributed by atoms with van der Waals surface area (Å²) in [5.41, 5.74) is 0.910. The van der Waals surface area contributed by atoms with Crippen molar-refractivity contribution in [1.82, 2.24) is 10.0 Å². The van der Waals surface area contributed by atoms with E-state index in [1.165, 1.54) is 11.1 Å². The molecule has 0 aliphatic carbocycles. The normalized spacial score (nSPS) is 16.6. The molecule has 2 heterocycles. The van der Waals surface area contributed by atoms with Crippen LogP contribution >= 0.6 is 0 Å². The molecule has 1 saturated heterocycles. The van der Waals surface area contributed by atoms with Gasteiger partial charge >= 0.3 is 0 Å². The van der Waals surface area contributed by atoms with E-state index in [9.17, 15) is 4.79 Å². The lowest BCUT2D eigenvalue weighted by atomic mass is 10.2. The average molecular weight is 218 g/mol. The molecule has 0 N–H and O–H groups in total. The molecule has 0 spiro atoms. The first-order valence-electron chi connectivity index (χ1n) is 5.39. The SMILES string of the molecule is O=C(/C=C/c1cccnc1)N1CCCCO1. The number of aromatic nitrogens is 1. The number of amides is 1. The summed E-state index contributed by atoms with van der Waals surface area (Å²) in [7, 11) is 0. The van der Waals surface area contributed by atoms with Crippen molar-refractivity contribution in [2.75, 3.05) is 13.2 Å². The molecule has 4 nitrogen and oxygen atoms in total. The minimum absolute atomic E-state index is 0.108. The minimum Gasteiger partial charge on any atom is -0.271 e. The summed E-state index contributed by atoms with van der Waals surface area (Å²) >= 11 is 0. The Balaban J connectivity index is 1.93. The number of hydrogen-bond acceptors (Lipinski definition) is 3. The van der Waals surface area contributed by atoms with E-state index in [1.54, 1.807) is 18.5 Å². The van der Waals surface area contributed by atoms with Crippen LogP contribution in [-0.4, -0.2) is 29.1 Å². The summed E-state index contributed by atoms with van der Waals surface area (Å²) in [6.07, 6.45) is 8.70. The molecule has 0 saturated carbocycles. The molecule has 0 aromatic carbocycles. The molecule has 0 unspecified atom stereocenters. The Morgan fingerprint density at radius 1 is 1.50 bits per heavy atom. The highest BCUT2D eigenvalue weighted by Crippen LogP contribution is 2.07. The van der Waals surface area contributed by atoms with E-state index < -0.39 is 0 Å². The first-order valence-corrected chi connectivity index (χ1v) is 5.39. The third-order valence-electron chi connectivity index (χ3n) is 2.35. The van der Waals surface area contributed by atoms with E-state index in [0.29, 0.717) is 13.2 Å². The third kappa shape index (κ3) is 2.90. The second kappa shape index (κ2) is 5.42. The number of rotatable bonds is 2. The highest BCUT2D eigenvalue weighted by molar-refractivity contribution is 5.91. The maximum atomic E-state index is 11.7. The van der Waals surface area contributed by atoms with Crippen LogP contribution in [0.4, 0.5) is 0 Å². The lowest BCUT2D eigenvalue weighted by Gasteiger charge is -2.24. The molecule has 84 valence electrons. The molecular weight excluding hydrogens is 204 g/mol. The number of carbonyl (C=O) groups excluding carboxylic acids is 1. The van der Waals surface area contributed by atoms with Crippen LogP contribution in [0.15, 0.2) is 30.6 Å². The van der Waals surface area contributed by atoms with Crippen LogP contribution in [0.2, 0.25) is 0 Å². The van der Waals surface area contributed by atoms with Gasteiger partial charge in [0.2, 0.25) is 0 Å². The first-order chi connectivity index (χ1) is 7.86. The van der Waals surface area contributed by atoms with Gasteiger partial charge in [-0.1, -0.05) is 6.07 Å². The maximum Gasteiger partial charge on any atom is 0.270 e. The minimum atomic E-state index is -0.108. The van der Waals surface area contributed by atoms with E-state index >= 15 is 0 Å². The molecule has 0 radical (unpaired) electrons. The smallest absolute Gasteiger partial charge is 0.270 e. The molecule has 1 aliphatic rings. The number of hydroxylamine groups is 2. The van der Waals surface area contributed by atoms with Crippen molar-refractivity contribution in [2.45, 2.75) is 12.8 Å². The van der Waals surface area contributed by atoms with Gasteiger partial charge in [-0.25, -0.2) is 5.06 Å². The largest absolute Gasteiger partial charge is 0.271 e. The molecular formula is C12H14N2O2. The first kappa shape index (κ1) is 10.8. The van der Waals surface area contributed by atoms with E-state index in [1.807, 2.05) is 12.1 Å². The molecule has 16 heavy (non-hydrogen) atoms. The summed E-state index contributed by atoms with van der Waals surface area (Å²) < 4.78 is 0. The van der Waals surface area contributed by atoms with Crippen LogP contribution in [-0.2, 0) is 9.63 Å². The summed E-state index contributed by atoms with van der Waals surface area (Å²) in [6, 6.07) is 3.73. The van der Waals surface area contributed by atoms with Gasteiger partial charge in [0.05, 0.1) is 6.61 Å². The van der Waals surface area contributed by atoms with Gasteiger partial charge in [-0.05, 0) is 30.5 Å². The Morgan fingerprint density at radius 2 is 2.44 bits per heavy atom. The lowest BCUT2D eigenvalue weighted by Crippen LogP contribution is -2.34. The van der Waals surface area contributed by atoms with Gasteiger partial charge in [0.1, 0.15) is 0 Å². The second-order valence-corrected chi connectivity index (χ2v) is 3.60. The molecule has 1 aliphatic heterocycles. The molecule has 1 aromatic heterocycles. The fourth-order valence-corrected chi connectivity index (χ4v) is 1.50. The molecule has 0 bridgehead atoms. The maximum absolute atomic E-state index is 11.7. The van der Waals surface area contributed by atoms with Crippen molar-refractivity contribution in [3.63, 3.8) is 0 Å². The van der Waals surface area contributed by atoms with Gasteiger partial charge in [-0.3, -0.25) is 14.6 Å². The van der Waals surface area contributed by atoms with Gasteiger partial charge in [0, 0.05) is 25.0 Å². The number of nitrogens with zero attached hydrogens (tertiary/aromatic N) is 2. The van der Waals surface area contributed by atoms with E-state index in [4.69, 9.17) is 4.84 Å². The fourth-order valence-electron chi connectivity index (χ4n) is 1.50. The van der Waals surface area contributed by atoms with E-state index in [2.05, 4.69) is 4.98 Å². The van der Waals surface area contributed by atoms with Crippen LogP contribution < -0.4 is 0 Å². The van der Waals surface area contributed by atoms with Crippen molar-refractivity contribution in [1.29, 1.82) is 0 Å². The highest BCUT2D eigenvalue weighted by Gasteiger charge is 2.14. The second-order valence-electron chi connectivity index (χ2n) is 3.60. The molecule has 1 amide bonds. The number of hydrogen-bond donors (Lipinski definition) is 0. The Hall–Kier alpha value is -1.68. The molecule has 2 rings (SSSR count). The topological polar surface area (TPSA) is 42.4 Å². The number of carbonyl (C=O) groups is 1. The van der Waals surface area contributed by atoms with E-state index in [-0.39, 0.29) is 5.91 Å². The zero-order valence-corrected chi connectivity index (χ0v) is 9.00. The van der Waals surface area contributed by atoms with Crippen LogP contribution in [0, 0.1) is 0 Å². The van der Waals surface area contributed by atoms with Crippen molar-refractivity contribution >= 4 is 12.0 Å². The van der Waals surface area contributed by atoms with Crippen LogP contribution in [0.5, 0.6) is 0 Å². The Labute approximate surface area is 94.5 Å². The molecule has 1 fully saturated rings. The summed E-state index contributed by atoms with van der Waals surface area (Å²) in [5.74, 6) is -0.108. The fraction of sp³-hybridized carbons (Fsp3) is 0.333. The molecule has 1 aromatic rings. The van der Waals surface area contributed by atoms with Gasteiger partial charge < -0.3 is 0 Å². The Bertz CT molecular complexity index is 370. The van der Waals surface area contributed by atoms with Crippen molar-refractivity contribution < 1.29 is 9.63 Å². The van der Waals surface area contributed by atoms with Crippen LogP contribution in [0.25, 0.3) is 6.08 Å².